The first-order valence-electron chi connectivity index (χ1n) is 11.7. The number of benzene rings is 1. The maximum atomic E-state index is 12.7. The van der Waals surface area contributed by atoms with Crippen LogP contribution in [0.25, 0.3) is 0 Å². The highest BCUT2D eigenvalue weighted by atomic mass is 127. The molecule has 31 heavy (non-hydrogen) atoms. The van der Waals surface area contributed by atoms with Crippen LogP contribution in [0.15, 0.2) is 24.3 Å². The molecule has 0 unspecified atom stereocenters. The highest BCUT2D eigenvalue weighted by Crippen LogP contribution is 2.42. The van der Waals surface area contributed by atoms with Gasteiger partial charge in [0.2, 0.25) is 0 Å². The minimum atomic E-state index is -1.95. The quantitative estimate of drug-likeness (QED) is 0.202. The van der Waals surface area contributed by atoms with Crippen LogP contribution in [-0.4, -0.2) is 44.2 Å². The van der Waals surface area contributed by atoms with Crippen LogP contribution >= 0.6 is 22.6 Å². The maximum Gasteiger partial charge on any atom is 0.326 e. The molecule has 0 radical (unpaired) electrons. The van der Waals surface area contributed by atoms with E-state index in [1.807, 2.05) is 18.1 Å². The molecule has 5 nitrogen and oxygen atoms in total. The van der Waals surface area contributed by atoms with Gasteiger partial charge in [0.15, 0.2) is 8.32 Å². The van der Waals surface area contributed by atoms with Crippen molar-refractivity contribution < 1.29 is 18.8 Å². The molecule has 0 spiro atoms. The van der Waals surface area contributed by atoms with Crippen LogP contribution in [0.3, 0.4) is 0 Å². The Hall–Kier alpha value is -0.483. The van der Waals surface area contributed by atoms with E-state index in [1.165, 1.54) is 22.5 Å². The molecular formula is C24H38INO4Si. The number of halogens is 1. The Bertz CT molecular complexity index is 751. The van der Waals surface area contributed by atoms with Crippen molar-refractivity contribution in [3.05, 3.63) is 33.4 Å². The summed E-state index contributed by atoms with van der Waals surface area (Å²) in [7, 11) is -1.95. The zero-order chi connectivity index (χ0) is 22.8. The van der Waals surface area contributed by atoms with Crippen LogP contribution in [0.2, 0.25) is 17.1 Å². The minimum Gasteiger partial charge on any atom is -0.461 e. The first kappa shape index (κ1) is 25.1. The number of carbonyl (C=O) groups is 1. The van der Waals surface area contributed by atoms with Gasteiger partial charge in [0.1, 0.15) is 18.2 Å². The molecule has 1 aromatic carbocycles. The molecule has 0 aromatic heterocycles. The van der Waals surface area contributed by atoms with E-state index in [-0.39, 0.29) is 30.1 Å². The number of unbranched alkanes of at least 4 members (excludes halogenated alkanes) is 1. The van der Waals surface area contributed by atoms with Crippen molar-refractivity contribution >= 4 is 36.9 Å². The lowest BCUT2D eigenvalue weighted by atomic mass is 9.93. The van der Waals surface area contributed by atoms with Crippen LogP contribution in [-0.2, 0) is 25.3 Å². The van der Waals surface area contributed by atoms with E-state index >= 15 is 0 Å². The SMILES string of the molecule is CCCC[Si](OC[C@@H]1ON(Cc2cccc(I)c2)[C@@H]2C(=O)O[C@@H](C)[C@H]12)(C(C)C)C(C)C. The molecule has 7 heteroatoms. The first-order valence-corrected chi connectivity index (χ1v) is 15.1. The number of cyclic esters (lactones) is 1. The zero-order valence-electron chi connectivity index (χ0n) is 19.8. The predicted molar refractivity (Wildman–Crippen MR) is 134 cm³/mol. The van der Waals surface area contributed by atoms with Crippen molar-refractivity contribution in [1.82, 2.24) is 5.06 Å². The van der Waals surface area contributed by atoms with Gasteiger partial charge in [-0.1, -0.05) is 59.6 Å². The summed E-state index contributed by atoms with van der Waals surface area (Å²) in [5.74, 6) is -0.166. The number of fused-ring (bicyclic) bond motifs is 1. The van der Waals surface area contributed by atoms with Crippen LogP contribution in [0.1, 0.15) is 59.9 Å². The average Bonchev–Trinajstić information content (AvgIpc) is 3.20. The molecule has 2 aliphatic rings. The number of ether oxygens (including phenoxy) is 1. The van der Waals surface area contributed by atoms with Crippen molar-refractivity contribution in [2.45, 2.75) is 96.3 Å². The molecule has 4 atom stereocenters. The average molecular weight is 560 g/mol. The Morgan fingerprint density at radius 3 is 2.55 bits per heavy atom. The molecule has 2 saturated heterocycles. The van der Waals surface area contributed by atoms with Crippen molar-refractivity contribution in [2.75, 3.05) is 6.61 Å². The monoisotopic (exact) mass is 559 g/mol. The highest BCUT2D eigenvalue weighted by Gasteiger charge is 2.57. The summed E-state index contributed by atoms with van der Waals surface area (Å²) in [4.78, 5) is 19.1. The van der Waals surface area contributed by atoms with Gasteiger partial charge >= 0.3 is 5.97 Å². The summed E-state index contributed by atoms with van der Waals surface area (Å²) in [6.45, 7) is 14.6. The number of hydrogen-bond acceptors (Lipinski definition) is 5. The number of nitrogens with zero attached hydrogens (tertiary/aromatic N) is 1. The van der Waals surface area contributed by atoms with Gasteiger partial charge < -0.3 is 9.16 Å². The molecule has 2 fully saturated rings. The highest BCUT2D eigenvalue weighted by molar-refractivity contribution is 14.1. The number of hydrogen-bond donors (Lipinski definition) is 0. The summed E-state index contributed by atoms with van der Waals surface area (Å²) in [6, 6.07) is 9.14. The fourth-order valence-electron chi connectivity index (χ4n) is 5.30. The van der Waals surface area contributed by atoms with Gasteiger partial charge in [-0.25, -0.2) is 0 Å². The van der Waals surface area contributed by atoms with Crippen molar-refractivity contribution in [1.29, 1.82) is 0 Å². The standard InChI is InChI=1S/C24H38INO4Si/c1-7-8-12-31(16(2)3,17(4)5)28-15-21-22-18(6)29-24(27)23(22)26(30-21)14-19-10-9-11-20(25)13-19/h9-11,13,16-18,21-23H,7-8,12,14-15H2,1-6H3/t18-,21-,22+,23-/m0/s1. The fraction of sp³-hybridized carbons (Fsp3) is 0.708. The van der Waals surface area contributed by atoms with Gasteiger partial charge in [0.25, 0.3) is 0 Å². The first-order chi connectivity index (χ1) is 14.7. The topological polar surface area (TPSA) is 48.0 Å². The zero-order valence-corrected chi connectivity index (χ0v) is 22.9. The van der Waals surface area contributed by atoms with Gasteiger partial charge in [0.05, 0.1) is 19.1 Å². The number of rotatable bonds is 10. The second-order valence-electron chi connectivity index (χ2n) is 9.69. The smallest absolute Gasteiger partial charge is 0.326 e. The third-order valence-electron chi connectivity index (χ3n) is 7.08. The molecule has 0 N–H and O–H groups in total. The lowest BCUT2D eigenvalue weighted by molar-refractivity contribution is -0.195. The van der Waals surface area contributed by atoms with Crippen molar-refractivity contribution in [3.8, 4) is 0 Å². The fourth-order valence-corrected chi connectivity index (χ4v) is 10.6. The van der Waals surface area contributed by atoms with Gasteiger partial charge in [-0.15, -0.1) is 0 Å². The van der Waals surface area contributed by atoms with Crippen LogP contribution in [0.4, 0.5) is 0 Å². The number of carbonyl (C=O) groups excluding carboxylic acids is 1. The van der Waals surface area contributed by atoms with Gasteiger partial charge in [-0.3, -0.25) is 9.63 Å². The summed E-state index contributed by atoms with van der Waals surface area (Å²) in [6.07, 6.45) is 2.08. The van der Waals surface area contributed by atoms with E-state index in [9.17, 15) is 4.79 Å². The van der Waals surface area contributed by atoms with Crippen LogP contribution < -0.4 is 0 Å². The van der Waals surface area contributed by atoms with E-state index in [1.54, 1.807) is 0 Å². The van der Waals surface area contributed by atoms with E-state index < -0.39 is 8.32 Å². The molecule has 2 heterocycles. The normalized spacial score (nSPS) is 26.7. The lowest BCUT2D eigenvalue weighted by Gasteiger charge is -2.40. The Balaban J connectivity index is 1.78. The Labute approximate surface area is 202 Å². The van der Waals surface area contributed by atoms with E-state index in [0.29, 0.717) is 24.2 Å². The molecule has 1 aromatic rings. The molecule has 0 aliphatic carbocycles. The minimum absolute atomic E-state index is 0.00693. The summed E-state index contributed by atoms with van der Waals surface area (Å²) >= 11 is 2.31. The number of hydroxylamine groups is 2. The van der Waals surface area contributed by atoms with E-state index in [2.05, 4.69) is 75.4 Å². The lowest BCUT2D eigenvalue weighted by Crippen LogP contribution is -2.47. The molecule has 174 valence electrons. The molecule has 2 aliphatic heterocycles. The molecule has 3 rings (SSSR count). The Morgan fingerprint density at radius 1 is 1.23 bits per heavy atom. The maximum absolute atomic E-state index is 12.7. The number of esters is 1. The van der Waals surface area contributed by atoms with E-state index in [0.717, 1.165) is 5.56 Å². The van der Waals surface area contributed by atoms with Gasteiger partial charge in [-0.05, 0) is 64.3 Å². The third-order valence-corrected chi connectivity index (χ3v) is 13.5. The van der Waals surface area contributed by atoms with E-state index in [4.69, 9.17) is 14.0 Å². The second kappa shape index (κ2) is 10.6. The molecule has 0 amide bonds. The Morgan fingerprint density at radius 2 is 1.94 bits per heavy atom. The largest absolute Gasteiger partial charge is 0.461 e. The third kappa shape index (κ3) is 5.37. The second-order valence-corrected chi connectivity index (χ2v) is 15.9. The van der Waals surface area contributed by atoms with Crippen LogP contribution in [0, 0.1) is 9.49 Å². The summed E-state index contributed by atoms with van der Waals surface area (Å²) in [5.41, 5.74) is 2.21. The predicted octanol–water partition coefficient (Wildman–Crippen LogP) is 5.92. The molecule has 0 bridgehead atoms. The Kier molecular flexibility index (Phi) is 8.62. The van der Waals surface area contributed by atoms with Gasteiger partial charge in [-0.2, -0.15) is 5.06 Å². The summed E-state index contributed by atoms with van der Waals surface area (Å²) < 4.78 is 13.7. The summed E-state index contributed by atoms with van der Waals surface area (Å²) in [5, 5.41) is 1.84. The van der Waals surface area contributed by atoms with Crippen molar-refractivity contribution in [2.24, 2.45) is 5.92 Å². The molecule has 0 saturated carbocycles. The van der Waals surface area contributed by atoms with Crippen LogP contribution in [0.5, 0.6) is 0 Å². The van der Waals surface area contributed by atoms with Gasteiger partial charge in [0, 0.05) is 3.57 Å². The van der Waals surface area contributed by atoms with Crippen molar-refractivity contribution in [3.63, 3.8) is 0 Å². The molecular weight excluding hydrogens is 521 g/mol.